The fraction of sp³-hybridized carbons (Fsp3) is 0.390. The predicted molar refractivity (Wildman–Crippen MR) is 202 cm³/mol. The summed E-state index contributed by atoms with van der Waals surface area (Å²) in [7, 11) is 1.83. The van der Waals surface area contributed by atoms with Crippen molar-refractivity contribution in [2.75, 3.05) is 44.2 Å². The number of anilines is 1. The third-order valence-electron chi connectivity index (χ3n) is 9.84. The van der Waals surface area contributed by atoms with Crippen LogP contribution in [-0.2, 0) is 25.0 Å². The number of piperazine rings is 1. The summed E-state index contributed by atoms with van der Waals surface area (Å²) < 4.78 is 21.4. The molecule has 2 aliphatic rings. The van der Waals surface area contributed by atoms with E-state index in [0.29, 0.717) is 49.8 Å². The Bertz CT molecular complexity index is 2040. The van der Waals surface area contributed by atoms with E-state index in [1.54, 1.807) is 15.2 Å². The van der Waals surface area contributed by atoms with Gasteiger partial charge in [0.15, 0.2) is 0 Å². The molecular weight excluding hydrogens is 656 g/mol. The molecule has 11 heteroatoms. The Hall–Kier alpha value is -5.29. The summed E-state index contributed by atoms with van der Waals surface area (Å²) in [6.45, 7) is 11.1. The molecule has 2 fully saturated rings. The Labute approximate surface area is 304 Å². The number of carbonyl (C=O) groups excluding carboxylic acids is 1. The molecule has 2 aromatic heterocycles. The van der Waals surface area contributed by atoms with Gasteiger partial charge in [0.1, 0.15) is 24.5 Å². The number of fused-ring (bicyclic) bond motifs is 1. The zero-order valence-corrected chi connectivity index (χ0v) is 30.5. The van der Waals surface area contributed by atoms with Crippen LogP contribution in [0, 0.1) is 0 Å². The second kappa shape index (κ2) is 15.1. The molecule has 0 atom stereocenters. The predicted octanol–water partition coefficient (Wildman–Crippen LogP) is 6.40. The Kier molecular flexibility index (Phi) is 10.2. The first-order valence-electron chi connectivity index (χ1n) is 18.2. The minimum absolute atomic E-state index is 0.176. The first kappa shape index (κ1) is 35.1. The van der Waals surface area contributed by atoms with Crippen LogP contribution in [0.3, 0.4) is 0 Å². The SMILES string of the molecule is Cn1c(=O)n(-c2ccc(OCc3ccccc3)nc2OCc2ccccc2)c2cccc(N3CCC(N4CCN(C(=O)OC(C)(C)C)CC4)CC3)c21. The van der Waals surface area contributed by atoms with Crippen molar-refractivity contribution in [2.24, 2.45) is 7.05 Å². The molecular formula is C41H48N6O5. The monoisotopic (exact) mass is 704 g/mol. The van der Waals surface area contributed by atoms with E-state index in [9.17, 15) is 9.59 Å². The van der Waals surface area contributed by atoms with Crippen molar-refractivity contribution in [3.8, 4) is 17.4 Å². The van der Waals surface area contributed by atoms with Crippen molar-refractivity contribution in [3.05, 3.63) is 113 Å². The van der Waals surface area contributed by atoms with Crippen LogP contribution in [0.15, 0.2) is 95.8 Å². The highest BCUT2D eigenvalue weighted by Crippen LogP contribution is 2.33. The third-order valence-corrected chi connectivity index (χ3v) is 9.84. The number of hydrogen-bond acceptors (Lipinski definition) is 8. The van der Waals surface area contributed by atoms with E-state index in [1.165, 1.54) is 0 Å². The van der Waals surface area contributed by atoms with E-state index < -0.39 is 5.60 Å². The van der Waals surface area contributed by atoms with Gasteiger partial charge in [0.25, 0.3) is 0 Å². The average Bonchev–Trinajstić information content (AvgIpc) is 3.42. The number of aromatic nitrogens is 3. The van der Waals surface area contributed by atoms with Crippen LogP contribution in [0.25, 0.3) is 16.7 Å². The minimum atomic E-state index is -0.494. The molecule has 0 bridgehead atoms. The van der Waals surface area contributed by atoms with Gasteiger partial charge >= 0.3 is 11.8 Å². The standard InChI is InChI=1S/C41H48N6O5/c1-41(2,3)52-40(49)46-26-24-44(25-27-46)32-20-22-45(23-21-32)33-16-11-17-34-37(33)43(4)39(48)47(34)35-18-19-36(50-28-30-12-7-5-8-13-30)42-38(35)51-29-31-14-9-6-10-15-31/h5-19,32H,20-29H2,1-4H3. The molecule has 0 saturated carbocycles. The molecule has 1 amide bonds. The maximum Gasteiger partial charge on any atom is 0.410 e. The number of para-hydroxylation sites is 1. The number of piperidine rings is 1. The molecule has 11 nitrogen and oxygen atoms in total. The van der Waals surface area contributed by atoms with Crippen LogP contribution in [0.5, 0.6) is 11.8 Å². The quantitative estimate of drug-likeness (QED) is 0.174. The first-order valence-corrected chi connectivity index (χ1v) is 18.2. The Morgan fingerprint density at radius 2 is 1.38 bits per heavy atom. The highest BCUT2D eigenvalue weighted by molar-refractivity contribution is 5.91. The molecule has 52 heavy (non-hydrogen) atoms. The summed E-state index contributed by atoms with van der Waals surface area (Å²) in [5, 5.41) is 0. The molecule has 3 aromatic carbocycles. The Morgan fingerprint density at radius 1 is 0.750 bits per heavy atom. The third kappa shape index (κ3) is 7.79. The van der Waals surface area contributed by atoms with Gasteiger partial charge in [-0.1, -0.05) is 66.7 Å². The van der Waals surface area contributed by atoms with Crippen LogP contribution < -0.4 is 20.1 Å². The molecule has 2 saturated heterocycles. The van der Waals surface area contributed by atoms with Crippen molar-refractivity contribution < 1.29 is 19.0 Å². The fourth-order valence-electron chi connectivity index (χ4n) is 7.18. The molecule has 4 heterocycles. The van der Waals surface area contributed by atoms with Gasteiger partial charge in [0, 0.05) is 58.4 Å². The number of carbonyl (C=O) groups is 1. The molecule has 2 aliphatic heterocycles. The highest BCUT2D eigenvalue weighted by Gasteiger charge is 2.32. The Balaban J connectivity index is 1.10. The fourth-order valence-corrected chi connectivity index (χ4v) is 7.18. The van der Waals surface area contributed by atoms with Crippen molar-refractivity contribution >= 4 is 22.8 Å². The highest BCUT2D eigenvalue weighted by atomic mass is 16.6. The lowest BCUT2D eigenvalue weighted by atomic mass is 10.0. The number of amides is 1. The topological polar surface area (TPSA) is 94.3 Å². The van der Waals surface area contributed by atoms with Crippen LogP contribution >= 0.6 is 0 Å². The summed E-state index contributed by atoms with van der Waals surface area (Å²) in [6.07, 6.45) is 1.78. The smallest absolute Gasteiger partial charge is 0.410 e. The van der Waals surface area contributed by atoms with E-state index in [-0.39, 0.29) is 11.8 Å². The zero-order chi connectivity index (χ0) is 36.2. The second-order valence-electron chi connectivity index (χ2n) is 14.6. The molecule has 5 aromatic rings. The lowest BCUT2D eigenvalue weighted by Crippen LogP contribution is -2.55. The normalized spacial score (nSPS) is 15.9. The van der Waals surface area contributed by atoms with Crippen LogP contribution in [-0.4, -0.2) is 80.9 Å². The van der Waals surface area contributed by atoms with Gasteiger partial charge in [-0.25, -0.2) is 9.59 Å². The largest absolute Gasteiger partial charge is 0.473 e. The molecule has 7 rings (SSSR count). The van der Waals surface area contributed by atoms with E-state index in [4.69, 9.17) is 19.2 Å². The number of imidazole rings is 1. The van der Waals surface area contributed by atoms with E-state index >= 15 is 0 Å². The van der Waals surface area contributed by atoms with E-state index in [1.807, 2.05) is 112 Å². The molecule has 0 unspecified atom stereocenters. The minimum Gasteiger partial charge on any atom is -0.473 e. The summed E-state index contributed by atoms with van der Waals surface area (Å²) in [4.78, 5) is 38.2. The maximum absolute atomic E-state index is 14.1. The number of benzene rings is 3. The van der Waals surface area contributed by atoms with Crippen molar-refractivity contribution in [3.63, 3.8) is 0 Å². The molecule has 0 N–H and O–H groups in total. The van der Waals surface area contributed by atoms with Gasteiger partial charge in [0.05, 0.1) is 16.7 Å². The molecule has 0 radical (unpaired) electrons. The van der Waals surface area contributed by atoms with Gasteiger partial charge in [-0.05, 0) is 62.9 Å². The van der Waals surface area contributed by atoms with Gasteiger partial charge in [-0.15, -0.1) is 0 Å². The zero-order valence-electron chi connectivity index (χ0n) is 30.5. The number of rotatable bonds is 9. The van der Waals surface area contributed by atoms with Crippen LogP contribution in [0.1, 0.15) is 44.7 Å². The molecule has 0 aliphatic carbocycles. The lowest BCUT2D eigenvalue weighted by molar-refractivity contribution is 0.00902. The molecule has 0 spiro atoms. The summed E-state index contributed by atoms with van der Waals surface area (Å²) in [6, 6.07) is 30.1. The van der Waals surface area contributed by atoms with E-state index in [2.05, 4.69) is 15.9 Å². The second-order valence-corrected chi connectivity index (χ2v) is 14.6. The Morgan fingerprint density at radius 3 is 2.02 bits per heavy atom. The number of nitrogens with zero attached hydrogens (tertiary/aromatic N) is 6. The van der Waals surface area contributed by atoms with Crippen molar-refractivity contribution in [1.82, 2.24) is 23.9 Å². The lowest BCUT2D eigenvalue weighted by Gasteiger charge is -2.43. The van der Waals surface area contributed by atoms with Crippen molar-refractivity contribution in [2.45, 2.75) is 58.5 Å². The van der Waals surface area contributed by atoms with E-state index in [0.717, 1.165) is 66.9 Å². The number of ether oxygens (including phenoxy) is 3. The first-order chi connectivity index (χ1) is 25.1. The number of pyridine rings is 1. The average molecular weight is 705 g/mol. The maximum atomic E-state index is 14.1. The summed E-state index contributed by atoms with van der Waals surface area (Å²) in [5.41, 5.74) is 4.60. The number of aryl methyl sites for hydroxylation is 1. The number of hydrogen-bond donors (Lipinski definition) is 0. The van der Waals surface area contributed by atoms with Crippen molar-refractivity contribution in [1.29, 1.82) is 0 Å². The van der Waals surface area contributed by atoms with Crippen LogP contribution in [0.4, 0.5) is 10.5 Å². The summed E-state index contributed by atoms with van der Waals surface area (Å²) >= 11 is 0. The van der Waals surface area contributed by atoms with Gasteiger partial charge < -0.3 is 24.0 Å². The molecule has 272 valence electrons. The summed E-state index contributed by atoms with van der Waals surface area (Å²) in [5.74, 6) is 0.737. The van der Waals surface area contributed by atoms with Gasteiger partial charge in [-0.3, -0.25) is 14.0 Å². The van der Waals surface area contributed by atoms with Crippen LogP contribution in [0.2, 0.25) is 0 Å². The van der Waals surface area contributed by atoms with Gasteiger partial charge in [0.2, 0.25) is 11.8 Å². The van der Waals surface area contributed by atoms with Gasteiger partial charge in [-0.2, -0.15) is 4.98 Å².